The van der Waals surface area contributed by atoms with Gasteiger partial charge in [-0.15, -0.1) is 0 Å². The van der Waals surface area contributed by atoms with Crippen molar-refractivity contribution in [2.75, 3.05) is 5.32 Å². The van der Waals surface area contributed by atoms with Gasteiger partial charge < -0.3 is 15.2 Å². The van der Waals surface area contributed by atoms with Gasteiger partial charge in [-0.3, -0.25) is 19.1 Å². The largest absolute Gasteiger partial charge is 0.364 e. The molecule has 2 fully saturated rings. The zero-order chi connectivity index (χ0) is 25.4. The molecule has 3 aromatic rings. The number of rotatable bonds is 10. The van der Waals surface area contributed by atoms with E-state index >= 15 is 0 Å². The molecule has 2 atom stereocenters. The molecule has 11 heteroatoms. The van der Waals surface area contributed by atoms with Gasteiger partial charge in [-0.25, -0.2) is 5.10 Å². The Morgan fingerprint density at radius 1 is 1.17 bits per heavy atom. The van der Waals surface area contributed by atoms with E-state index in [1.165, 1.54) is 12.5 Å². The number of hydrogen-bond donors (Lipinski definition) is 3. The monoisotopic (exact) mass is 493 g/mol. The average Bonchev–Trinajstić information content (AvgIpc) is 3.77. The van der Waals surface area contributed by atoms with Gasteiger partial charge in [0, 0.05) is 18.0 Å². The van der Waals surface area contributed by atoms with Gasteiger partial charge in [-0.2, -0.15) is 10.2 Å². The second kappa shape index (κ2) is 9.71. The molecule has 3 heterocycles. The first kappa shape index (κ1) is 24.0. The van der Waals surface area contributed by atoms with Gasteiger partial charge in [-0.1, -0.05) is 19.0 Å². The van der Waals surface area contributed by atoms with Crippen LogP contribution in [0.15, 0.2) is 40.2 Å². The van der Waals surface area contributed by atoms with Gasteiger partial charge in [0.1, 0.15) is 17.9 Å². The first-order chi connectivity index (χ1) is 17.3. The van der Waals surface area contributed by atoms with Crippen molar-refractivity contribution in [1.82, 2.24) is 30.5 Å². The maximum absolute atomic E-state index is 13.6. The molecule has 0 aliphatic heterocycles. The standard InChI is InChI=1S/C25H31N7O4/c1-13(2)21-19(12-36-31-21)23(33)29-22(20(15-4-5-15)16-6-7-16)25(35)28-17-10-27-32(11-17)14(3)18-8-9-26-30-24(18)34/h8-16,20,22H,4-7H2,1-3H3,(H,28,35)(H,29,33)(H,30,34). The predicted octanol–water partition coefficient (Wildman–Crippen LogP) is 2.86. The summed E-state index contributed by atoms with van der Waals surface area (Å²) < 4.78 is 6.68. The molecule has 5 rings (SSSR count). The maximum atomic E-state index is 13.6. The van der Waals surface area contributed by atoms with Crippen LogP contribution in [0.4, 0.5) is 5.69 Å². The summed E-state index contributed by atoms with van der Waals surface area (Å²) in [4.78, 5) is 38.9. The predicted molar refractivity (Wildman–Crippen MR) is 130 cm³/mol. The smallest absolute Gasteiger partial charge is 0.269 e. The third-order valence-electron chi connectivity index (χ3n) is 7.15. The van der Waals surface area contributed by atoms with Crippen LogP contribution in [0.1, 0.15) is 80.0 Å². The van der Waals surface area contributed by atoms with E-state index in [0.29, 0.717) is 34.3 Å². The van der Waals surface area contributed by atoms with E-state index in [9.17, 15) is 14.4 Å². The number of amides is 2. The van der Waals surface area contributed by atoms with E-state index in [4.69, 9.17) is 4.52 Å². The maximum Gasteiger partial charge on any atom is 0.269 e. The molecule has 0 bridgehead atoms. The molecule has 0 saturated heterocycles. The summed E-state index contributed by atoms with van der Waals surface area (Å²) in [6.45, 7) is 5.72. The Hall–Kier alpha value is -3.76. The summed E-state index contributed by atoms with van der Waals surface area (Å²) in [6, 6.07) is 0.601. The van der Waals surface area contributed by atoms with Crippen LogP contribution in [0.2, 0.25) is 0 Å². The molecule has 0 aromatic carbocycles. The lowest BCUT2D eigenvalue weighted by molar-refractivity contribution is -0.119. The van der Waals surface area contributed by atoms with Crippen LogP contribution in [0.25, 0.3) is 0 Å². The van der Waals surface area contributed by atoms with E-state index in [-0.39, 0.29) is 35.3 Å². The lowest BCUT2D eigenvalue weighted by Gasteiger charge is -2.27. The van der Waals surface area contributed by atoms with Gasteiger partial charge in [0.05, 0.1) is 23.6 Å². The van der Waals surface area contributed by atoms with Gasteiger partial charge >= 0.3 is 0 Å². The minimum atomic E-state index is -0.684. The number of H-pyrrole nitrogens is 1. The summed E-state index contributed by atoms with van der Waals surface area (Å²) >= 11 is 0. The molecule has 2 aliphatic carbocycles. The second-order valence-corrected chi connectivity index (χ2v) is 10.2. The summed E-state index contributed by atoms with van der Waals surface area (Å²) in [5.74, 6) is 0.334. The molecule has 3 aromatic heterocycles. The van der Waals surface area contributed by atoms with E-state index in [0.717, 1.165) is 25.7 Å². The van der Waals surface area contributed by atoms with Crippen molar-refractivity contribution in [1.29, 1.82) is 0 Å². The third-order valence-corrected chi connectivity index (χ3v) is 7.15. The zero-order valence-electron chi connectivity index (χ0n) is 20.6. The lowest BCUT2D eigenvalue weighted by Crippen LogP contribution is -2.50. The molecule has 2 unspecified atom stereocenters. The van der Waals surface area contributed by atoms with Crippen molar-refractivity contribution in [3.63, 3.8) is 0 Å². The van der Waals surface area contributed by atoms with Crippen LogP contribution in [-0.4, -0.2) is 43.0 Å². The second-order valence-electron chi connectivity index (χ2n) is 10.2. The van der Waals surface area contributed by atoms with E-state index in [1.54, 1.807) is 23.1 Å². The van der Waals surface area contributed by atoms with Crippen LogP contribution in [0, 0.1) is 17.8 Å². The first-order valence-corrected chi connectivity index (χ1v) is 12.5. The Kier molecular flexibility index (Phi) is 6.46. The number of hydrogen-bond acceptors (Lipinski definition) is 7. The van der Waals surface area contributed by atoms with Crippen LogP contribution in [0.5, 0.6) is 0 Å². The molecule has 190 valence electrons. The van der Waals surface area contributed by atoms with Crippen LogP contribution >= 0.6 is 0 Å². The highest BCUT2D eigenvalue weighted by atomic mass is 16.5. The van der Waals surface area contributed by atoms with Crippen molar-refractivity contribution < 1.29 is 14.1 Å². The topological polar surface area (TPSA) is 148 Å². The molecule has 0 spiro atoms. The molecule has 36 heavy (non-hydrogen) atoms. The first-order valence-electron chi connectivity index (χ1n) is 12.5. The van der Waals surface area contributed by atoms with Crippen molar-refractivity contribution in [3.05, 3.63) is 58.1 Å². The summed E-state index contributed by atoms with van der Waals surface area (Å²) in [5, 5.41) is 20.4. The van der Waals surface area contributed by atoms with Gasteiger partial charge in [-0.05, 0) is 62.3 Å². The number of carbonyl (C=O) groups is 2. The van der Waals surface area contributed by atoms with Crippen molar-refractivity contribution >= 4 is 17.5 Å². The van der Waals surface area contributed by atoms with Crippen LogP contribution in [-0.2, 0) is 4.79 Å². The van der Waals surface area contributed by atoms with Crippen LogP contribution < -0.4 is 16.2 Å². The van der Waals surface area contributed by atoms with E-state index < -0.39 is 6.04 Å². The average molecular weight is 494 g/mol. The van der Waals surface area contributed by atoms with E-state index in [1.807, 2.05) is 20.8 Å². The van der Waals surface area contributed by atoms with Crippen molar-refractivity contribution in [3.8, 4) is 0 Å². The highest BCUT2D eigenvalue weighted by Crippen LogP contribution is 2.51. The minimum Gasteiger partial charge on any atom is -0.364 e. The molecule has 0 radical (unpaired) electrons. The fourth-order valence-electron chi connectivity index (χ4n) is 4.94. The third kappa shape index (κ3) is 4.95. The number of nitrogens with one attached hydrogen (secondary N) is 3. The molecule has 3 N–H and O–H groups in total. The highest BCUT2D eigenvalue weighted by molar-refractivity contribution is 6.01. The minimum absolute atomic E-state index is 0.0138. The van der Waals surface area contributed by atoms with Crippen molar-refractivity contribution in [2.24, 2.45) is 17.8 Å². The molecule has 11 nitrogen and oxygen atoms in total. The number of aromatic amines is 1. The Labute approximate surface area is 208 Å². The van der Waals surface area contributed by atoms with Gasteiger partial charge in [0.15, 0.2) is 0 Å². The normalized spacial score (nSPS) is 17.2. The SMILES string of the molecule is CC(C)c1nocc1C(=O)NC(C(=O)Nc1cnn(C(C)c2ccn[nH]c2=O)c1)C(C1CC1)C1CC1. The molecule has 2 aliphatic rings. The molecular weight excluding hydrogens is 462 g/mol. The highest BCUT2D eigenvalue weighted by Gasteiger charge is 2.48. The number of aromatic nitrogens is 5. The molecule has 2 amide bonds. The van der Waals surface area contributed by atoms with Gasteiger partial charge in [0.2, 0.25) is 5.91 Å². The molecule has 2 saturated carbocycles. The number of anilines is 1. The summed E-state index contributed by atoms with van der Waals surface area (Å²) in [5.41, 5.74) is 1.64. The van der Waals surface area contributed by atoms with E-state index in [2.05, 4.69) is 31.1 Å². The summed E-state index contributed by atoms with van der Waals surface area (Å²) in [7, 11) is 0. The number of nitrogens with zero attached hydrogens (tertiary/aromatic N) is 4. The molecular formula is C25H31N7O4. The van der Waals surface area contributed by atoms with Crippen LogP contribution in [0.3, 0.4) is 0 Å². The Morgan fingerprint density at radius 3 is 2.53 bits per heavy atom. The number of carbonyl (C=O) groups excluding carboxylic acids is 2. The summed E-state index contributed by atoms with van der Waals surface area (Å²) in [6.07, 6.45) is 10.4. The fourth-order valence-corrected chi connectivity index (χ4v) is 4.94. The van der Waals surface area contributed by atoms with Crippen molar-refractivity contribution in [2.45, 2.75) is 64.5 Å². The Bertz CT molecular complexity index is 1290. The Balaban J connectivity index is 1.35. The quantitative estimate of drug-likeness (QED) is 0.393. The van der Waals surface area contributed by atoms with Gasteiger partial charge in [0.25, 0.3) is 11.5 Å². The fraction of sp³-hybridized carbons (Fsp3) is 0.520. The lowest BCUT2D eigenvalue weighted by atomic mass is 9.88. The zero-order valence-corrected chi connectivity index (χ0v) is 20.6. The Morgan fingerprint density at radius 2 is 1.89 bits per heavy atom.